The first kappa shape index (κ1) is 18.7. The van der Waals surface area contributed by atoms with Crippen LogP contribution in [-0.2, 0) is 15.3 Å². The van der Waals surface area contributed by atoms with Crippen molar-refractivity contribution in [2.45, 2.75) is 52.4 Å². The molecule has 3 rings (SSSR count). The highest BCUT2D eigenvalue weighted by molar-refractivity contribution is 6.25. The lowest BCUT2D eigenvalue weighted by molar-refractivity contribution is -0.101. The molecule has 1 heterocycles. The van der Waals surface area contributed by atoms with Gasteiger partial charge in [-0.2, -0.15) is 0 Å². The minimum Gasteiger partial charge on any atom is -0.629 e. The number of allylic oxidation sites excluding steroid dienone is 1. The van der Waals surface area contributed by atoms with Gasteiger partial charge in [0.05, 0.1) is 17.4 Å². The number of hydrogen-bond acceptors (Lipinski definition) is 1. The molecular weight excluding hydrogens is 336 g/mol. The zero-order valence-corrected chi connectivity index (χ0v) is 17.5. The van der Waals surface area contributed by atoms with Crippen LogP contribution in [0.15, 0.2) is 54.6 Å². The quantitative estimate of drug-likeness (QED) is 0.502. The van der Waals surface area contributed by atoms with Crippen LogP contribution in [0.1, 0.15) is 67.9 Å². The van der Waals surface area contributed by atoms with E-state index in [9.17, 15) is 0 Å². The molecule has 2 aromatic carbocycles. The summed E-state index contributed by atoms with van der Waals surface area (Å²) in [4.78, 5) is 0. The molecule has 0 spiro atoms. The fraction of sp³-hybridized carbons (Fsp3) is 0.348. The first-order valence-corrected chi connectivity index (χ1v) is 9.85. The van der Waals surface area contributed by atoms with Crippen molar-refractivity contribution in [1.29, 1.82) is 0 Å². The van der Waals surface area contributed by atoms with E-state index in [0.29, 0.717) is 0 Å². The number of benzene rings is 2. The van der Waals surface area contributed by atoms with Gasteiger partial charge in [-0.3, -0.25) is 0 Å². The smallest absolute Gasteiger partial charge is 0.424 e. The Hall–Kier alpha value is -2.13. The molecule has 0 atom stereocenters. The highest BCUT2D eigenvalue weighted by atomic mass is 28.2. The van der Waals surface area contributed by atoms with Crippen molar-refractivity contribution in [3.8, 4) is 0 Å². The minimum atomic E-state index is -0.0193. The molecule has 0 aliphatic carbocycles. The third-order valence-electron chi connectivity index (χ3n) is 4.64. The van der Waals surface area contributed by atoms with Crippen molar-refractivity contribution >= 4 is 21.5 Å². The van der Waals surface area contributed by atoms with E-state index in [1.54, 1.807) is 0 Å². The van der Waals surface area contributed by atoms with Gasteiger partial charge in [-0.05, 0) is 34.1 Å². The maximum absolute atomic E-state index is 5.77. The topological polar surface area (TPSA) is 20.5 Å². The zero-order chi connectivity index (χ0) is 18.9. The second kappa shape index (κ2) is 6.88. The van der Waals surface area contributed by atoms with Crippen molar-refractivity contribution in [3.05, 3.63) is 76.9 Å². The van der Waals surface area contributed by atoms with Gasteiger partial charge < -0.3 is 8.54 Å². The van der Waals surface area contributed by atoms with E-state index in [-0.39, 0.29) is 20.8 Å². The van der Waals surface area contributed by atoms with E-state index in [1.165, 1.54) is 11.1 Å². The van der Waals surface area contributed by atoms with E-state index in [2.05, 4.69) is 90.1 Å². The summed E-state index contributed by atoms with van der Waals surface area (Å²) >= 11 is 0. The molecule has 0 aromatic heterocycles. The predicted molar refractivity (Wildman–Crippen MR) is 109 cm³/mol. The van der Waals surface area contributed by atoms with Gasteiger partial charge in [-0.1, -0.05) is 77.9 Å². The third kappa shape index (κ3) is 4.16. The summed E-state index contributed by atoms with van der Waals surface area (Å²) in [5, 5.41) is 0. The Morgan fingerprint density at radius 2 is 1.15 bits per heavy atom. The normalized spacial score (nSPS) is 14.8. The minimum absolute atomic E-state index is 0.0193. The Balaban J connectivity index is 1.85. The summed E-state index contributed by atoms with van der Waals surface area (Å²) in [5.74, 6) is 1.73. The Kier molecular flexibility index (Phi) is 4.94. The largest absolute Gasteiger partial charge is 0.629 e. The van der Waals surface area contributed by atoms with Gasteiger partial charge in [0.2, 0.25) is 0 Å². The van der Waals surface area contributed by atoms with E-state index in [0.717, 1.165) is 22.7 Å². The highest BCUT2D eigenvalue weighted by Crippen LogP contribution is 2.27. The van der Waals surface area contributed by atoms with E-state index in [1.807, 2.05) is 6.08 Å². The van der Waals surface area contributed by atoms with Crippen molar-refractivity contribution in [2.24, 2.45) is 0 Å². The molecule has 0 N–H and O–H groups in total. The van der Waals surface area contributed by atoms with Crippen LogP contribution < -0.4 is 0 Å². The molecule has 0 saturated heterocycles. The summed E-state index contributed by atoms with van der Waals surface area (Å²) in [5.41, 5.74) is 5.10. The second-order valence-corrected chi connectivity index (χ2v) is 9.39. The van der Waals surface area contributed by atoms with Crippen LogP contribution in [0.3, 0.4) is 0 Å². The summed E-state index contributed by atoms with van der Waals surface area (Å²) in [6, 6.07) is 17.2. The lowest BCUT2D eigenvalue weighted by Gasteiger charge is -2.21. The third-order valence-corrected chi connectivity index (χ3v) is 5.24. The number of hydrogen-bond donors (Lipinski definition) is 0. The average Bonchev–Trinajstić information content (AvgIpc) is 2.61. The summed E-state index contributed by atoms with van der Waals surface area (Å²) in [6.45, 7) is 13.3. The maximum atomic E-state index is 5.77. The first-order valence-electron chi connectivity index (χ1n) is 9.04. The van der Waals surface area contributed by atoms with Crippen molar-refractivity contribution in [3.63, 3.8) is 0 Å². The molecule has 1 radical (unpaired) electrons. The zero-order valence-electron chi connectivity index (χ0n) is 16.5. The van der Waals surface area contributed by atoms with E-state index >= 15 is 0 Å². The Labute approximate surface area is 159 Å². The summed E-state index contributed by atoms with van der Waals surface area (Å²) < 4.78 is 11.5. The molecular formula is C23H27O2Si. The molecule has 2 aromatic rings. The molecule has 26 heavy (non-hydrogen) atoms. The molecule has 2 nitrogen and oxygen atoms in total. The Morgan fingerprint density at radius 1 is 0.692 bits per heavy atom. The first-order chi connectivity index (χ1) is 12.1. The average molecular weight is 364 g/mol. The van der Waals surface area contributed by atoms with Gasteiger partial charge in [0.25, 0.3) is 5.78 Å². The van der Waals surface area contributed by atoms with Gasteiger partial charge in [-0.25, -0.2) is 0 Å². The lowest BCUT2D eigenvalue weighted by atomic mass is 9.86. The number of carbonyl (C=O) groups excluding carboxylic acids is 1. The SMILES string of the molecule is CC(C)(C)c1ccc(C2=CC(c3ccc(C(C)(C)C)cc3)=[O+][Si-]O2)cc1. The molecule has 0 saturated carbocycles. The highest BCUT2D eigenvalue weighted by Gasteiger charge is 2.19. The molecule has 1 aliphatic heterocycles. The fourth-order valence-electron chi connectivity index (χ4n) is 2.84. The molecule has 135 valence electrons. The monoisotopic (exact) mass is 363 g/mol. The standard InChI is InChI=1S/C23H27O2Si/c1-22(2,3)18-11-7-16(8-12-18)20-15-21(25-26-24-20)17-9-13-19(14-10-17)23(4,5)6/h7-15H,1-6H3. The van der Waals surface area contributed by atoms with Gasteiger partial charge in [0.15, 0.2) is 0 Å². The van der Waals surface area contributed by atoms with Crippen molar-refractivity contribution in [2.75, 3.05) is 0 Å². The van der Waals surface area contributed by atoms with E-state index < -0.39 is 0 Å². The molecule has 0 bridgehead atoms. The number of ketones is 1. The Bertz CT molecular complexity index is 830. The molecule has 1 aliphatic rings. The van der Waals surface area contributed by atoms with Gasteiger partial charge >= 0.3 is 10.0 Å². The Morgan fingerprint density at radius 3 is 1.62 bits per heavy atom. The van der Waals surface area contributed by atoms with Crippen LogP contribution in [0, 0.1) is 0 Å². The number of rotatable bonds is 2. The van der Waals surface area contributed by atoms with Gasteiger partial charge in [0.1, 0.15) is 0 Å². The predicted octanol–water partition coefficient (Wildman–Crippen LogP) is 5.61. The van der Waals surface area contributed by atoms with Gasteiger partial charge in [-0.15, -0.1) is 0 Å². The van der Waals surface area contributed by atoms with Crippen LogP contribution >= 0.6 is 0 Å². The van der Waals surface area contributed by atoms with Crippen LogP contribution in [0.25, 0.3) is 5.76 Å². The molecule has 0 unspecified atom stereocenters. The van der Waals surface area contributed by atoms with Crippen LogP contribution in [0.5, 0.6) is 0 Å². The van der Waals surface area contributed by atoms with Crippen LogP contribution in [0.2, 0.25) is 0 Å². The van der Waals surface area contributed by atoms with Gasteiger partial charge in [0, 0.05) is 5.56 Å². The molecule has 0 fully saturated rings. The van der Waals surface area contributed by atoms with Crippen LogP contribution in [-0.4, -0.2) is 15.8 Å². The maximum Gasteiger partial charge on any atom is 0.424 e. The summed E-state index contributed by atoms with van der Waals surface area (Å²) in [7, 11) is -0.0193. The van der Waals surface area contributed by atoms with Crippen LogP contribution in [0.4, 0.5) is 0 Å². The fourth-order valence-corrected chi connectivity index (χ4v) is 3.42. The lowest BCUT2D eigenvalue weighted by Crippen LogP contribution is -2.14. The molecule has 0 amide bonds. The van der Waals surface area contributed by atoms with Crippen molar-refractivity contribution in [1.82, 2.24) is 0 Å². The molecule has 3 heteroatoms. The van der Waals surface area contributed by atoms with E-state index in [4.69, 9.17) is 8.54 Å². The second-order valence-electron chi connectivity index (χ2n) is 8.81. The summed E-state index contributed by atoms with van der Waals surface area (Å²) in [6.07, 6.45) is 1.99. The van der Waals surface area contributed by atoms with Crippen molar-refractivity contribution < 1.29 is 8.54 Å².